The molecule has 1 saturated heterocycles. The fourth-order valence-corrected chi connectivity index (χ4v) is 2.14. The number of hydrogen-bond donors (Lipinski definition) is 4. The summed E-state index contributed by atoms with van der Waals surface area (Å²) in [6.07, 6.45) is -6.97. The minimum absolute atomic E-state index is 0.812. The van der Waals surface area contributed by atoms with Gasteiger partial charge in [-0.25, -0.2) is 0 Å². The summed E-state index contributed by atoms with van der Waals surface area (Å²) in [5.41, 5.74) is 0. The molecule has 0 aromatic carbocycles. The molecular weight excluding hydrogens is 204 g/mol. The number of rotatable bonds is 0. The lowest BCUT2D eigenvalue weighted by molar-refractivity contribution is -0.192. The highest BCUT2D eigenvalue weighted by Gasteiger charge is 2.56. The summed E-state index contributed by atoms with van der Waals surface area (Å²) in [4.78, 5) is 0. The molecule has 0 bridgehead atoms. The highest BCUT2D eigenvalue weighted by molar-refractivity contribution is 5.03. The van der Waals surface area contributed by atoms with Crippen LogP contribution in [-0.2, 0) is 9.47 Å². The predicted molar refractivity (Wildman–Crippen MR) is 47.9 cm³/mol. The number of ether oxygens (including phenoxy) is 2. The summed E-state index contributed by atoms with van der Waals surface area (Å²) in [7, 11) is 0. The van der Waals surface area contributed by atoms with Gasteiger partial charge in [0.15, 0.2) is 5.79 Å². The SMILES string of the molecule is CC1(C)O[C@@H]2[C@H](O)[C@@H](O)[C@@H](O)[C@@H](O)[C@@H]2O1. The molecule has 6 nitrogen and oxygen atoms in total. The summed E-state index contributed by atoms with van der Waals surface area (Å²) >= 11 is 0. The highest BCUT2D eigenvalue weighted by atomic mass is 16.8. The van der Waals surface area contributed by atoms with Crippen molar-refractivity contribution in [1.29, 1.82) is 0 Å². The van der Waals surface area contributed by atoms with Crippen LogP contribution in [0, 0.1) is 0 Å². The summed E-state index contributed by atoms with van der Waals surface area (Å²) in [5, 5.41) is 38.2. The average molecular weight is 220 g/mol. The molecule has 2 rings (SSSR count). The van der Waals surface area contributed by atoms with E-state index < -0.39 is 42.4 Å². The van der Waals surface area contributed by atoms with Gasteiger partial charge in [-0.3, -0.25) is 0 Å². The minimum Gasteiger partial charge on any atom is -0.387 e. The summed E-state index contributed by atoms with van der Waals surface area (Å²) in [6.45, 7) is 3.28. The van der Waals surface area contributed by atoms with Crippen LogP contribution in [0.2, 0.25) is 0 Å². The minimum atomic E-state index is -1.42. The lowest BCUT2D eigenvalue weighted by Crippen LogP contribution is -2.62. The van der Waals surface area contributed by atoms with Gasteiger partial charge in [0.1, 0.15) is 36.6 Å². The van der Waals surface area contributed by atoms with Crippen LogP contribution in [0.25, 0.3) is 0 Å². The third-order valence-corrected chi connectivity index (χ3v) is 2.89. The maximum absolute atomic E-state index is 9.64. The monoisotopic (exact) mass is 220 g/mol. The Bertz CT molecular complexity index is 231. The second-order valence-electron chi connectivity index (χ2n) is 4.53. The van der Waals surface area contributed by atoms with Crippen LogP contribution in [0.15, 0.2) is 0 Å². The zero-order valence-corrected chi connectivity index (χ0v) is 8.57. The van der Waals surface area contributed by atoms with Crippen LogP contribution in [0.4, 0.5) is 0 Å². The van der Waals surface area contributed by atoms with Gasteiger partial charge in [-0.1, -0.05) is 0 Å². The van der Waals surface area contributed by atoms with Gasteiger partial charge in [0.25, 0.3) is 0 Å². The first-order chi connectivity index (χ1) is 6.83. The van der Waals surface area contributed by atoms with Crippen LogP contribution in [0.5, 0.6) is 0 Å². The molecule has 0 radical (unpaired) electrons. The molecule has 15 heavy (non-hydrogen) atoms. The second-order valence-corrected chi connectivity index (χ2v) is 4.53. The predicted octanol–water partition coefficient (Wildman–Crippen LogP) is -2.04. The highest BCUT2D eigenvalue weighted by Crippen LogP contribution is 2.37. The molecule has 4 N–H and O–H groups in total. The molecule has 2 aliphatic rings. The van der Waals surface area contributed by atoms with Crippen LogP contribution < -0.4 is 0 Å². The zero-order chi connectivity index (χ0) is 11.4. The molecule has 6 atom stereocenters. The molecule has 0 amide bonds. The Kier molecular flexibility index (Phi) is 2.53. The van der Waals surface area contributed by atoms with Gasteiger partial charge in [0, 0.05) is 0 Å². The Morgan fingerprint density at radius 2 is 1.07 bits per heavy atom. The van der Waals surface area contributed by atoms with Crippen molar-refractivity contribution in [3.8, 4) is 0 Å². The molecular formula is C9H16O6. The maximum Gasteiger partial charge on any atom is 0.164 e. The van der Waals surface area contributed by atoms with Crippen molar-refractivity contribution < 1.29 is 29.9 Å². The molecule has 1 saturated carbocycles. The van der Waals surface area contributed by atoms with Gasteiger partial charge >= 0.3 is 0 Å². The Hall–Kier alpha value is -0.240. The van der Waals surface area contributed by atoms with Crippen molar-refractivity contribution in [2.24, 2.45) is 0 Å². The van der Waals surface area contributed by atoms with E-state index in [9.17, 15) is 20.4 Å². The third kappa shape index (κ3) is 1.67. The van der Waals surface area contributed by atoms with Crippen LogP contribution >= 0.6 is 0 Å². The summed E-state index contributed by atoms with van der Waals surface area (Å²) in [6, 6.07) is 0. The molecule has 1 aliphatic heterocycles. The first kappa shape index (κ1) is 11.3. The standard InChI is InChI=1S/C9H16O6/c1-9(2)14-7-5(12)3(10)4(11)6(13)8(7)15-9/h3-8,10-13H,1-2H3/t3-,4+,5-,6-,7+,8-/m1/s1. The Labute approximate surface area is 87.1 Å². The van der Waals surface area contributed by atoms with Crippen LogP contribution in [-0.4, -0.2) is 62.8 Å². The van der Waals surface area contributed by atoms with Crippen LogP contribution in [0.3, 0.4) is 0 Å². The number of aliphatic hydroxyl groups excluding tert-OH is 4. The van der Waals surface area contributed by atoms with E-state index in [0.717, 1.165) is 0 Å². The number of hydrogen-bond acceptors (Lipinski definition) is 6. The van der Waals surface area contributed by atoms with E-state index >= 15 is 0 Å². The lowest BCUT2D eigenvalue weighted by atomic mass is 9.85. The zero-order valence-electron chi connectivity index (χ0n) is 8.57. The van der Waals surface area contributed by atoms with Crippen molar-refractivity contribution in [3.63, 3.8) is 0 Å². The molecule has 1 heterocycles. The number of aliphatic hydroxyl groups is 4. The fraction of sp³-hybridized carbons (Fsp3) is 1.00. The van der Waals surface area contributed by atoms with E-state index in [1.165, 1.54) is 0 Å². The van der Waals surface area contributed by atoms with Crippen LogP contribution in [0.1, 0.15) is 13.8 Å². The second kappa shape index (κ2) is 3.38. The van der Waals surface area contributed by atoms with E-state index in [2.05, 4.69) is 0 Å². The lowest BCUT2D eigenvalue weighted by Gasteiger charge is -2.38. The smallest absolute Gasteiger partial charge is 0.164 e. The van der Waals surface area contributed by atoms with E-state index in [0.29, 0.717) is 0 Å². The van der Waals surface area contributed by atoms with E-state index in [1.807, 2.05) is 0 Å². The first-order valence-electron chi connectivity index (χ1n) is 4.91. The van der Waals surface area contributed by atoms with E-state index in [1.54, 1.807) is 13.8 Å². The number of fused-ring (bicyclic) bond motifs is 1. The Morgan fingerprint density at radius 3 is 1.40 bits per heavy atom. The van der Waals surface area contributed by atoms with Gasteiger partial charge in [0.05, 0.1) is 0 Å². The topological polar surface area (TPSA) is 99.4 Å². The van der Waals surface area contributed by atoms with Crippen molar-refractivity contribution in [2.45, 2.75) is 56.3 Å². The van der Waals surface area contributed by atoms with Crippen molar-refractivity contribution in [1.82, 2.24) is 0 Å². The molecule has 2 fully saturated rings. The Balaban J connectivity index is 2.23. The van der Waals surface area contributed by atoms with Gasteiger partial charge in [-0.2, -0.15) is 0 Å². The quantitative estimate of drug-likeness (QED) is 0.375. The summed E-state index contributed by atoms with van der Waals surface area (Å²) in [5.74, 6) is -0.929. The molecule has 1 aliphatic carbocycles. The molecule has 0 spiro atoms. The third-order valence-electron chi connectivity index (χ3n) is 2.89. The van der Waals surface area contributed by atoms with Crippen molar-refractivity contribution in [3.05, 3.63) is 0 Å². The first-order valence-corrected chi connectivity index (χ1v) is 4.91. The average Bonchev–Trinajstić information content (AvgIpc) is 2.48. The maximum atomic E-state index is 9.64. The summed E-state index contributed by atoms with van der Waals surface area (Å²) < 4.78 is 10.7. The van der Waals surface area contributed by atoms with Gasteiger partial charge in [0.2, 0.25) is 0 Å². The van der Waals surface area contributed by atoms with Crippen molar-refractivity contribution >= 4 is 0 Å². The van der Waals surface area contributed by atoms with Gasteiger partial charge in [-0.15, -0.1) is 0 Å². The Morgan fingerprint density at radius 1 is 0.733 bits per heavy atom. The van der Waals surface area contributed by atoms with E-state index in [4.69, 9.17) is 9.47 Å². The molecule has 0 aromatic heterocycles. The van der Waals surface area contributed by atoms with Gasteiger partial charge in [-0.05, 0) is 13.8 Å². The normalized spacial score (nSPS) is 54.0. The molecule has 0 aromatic rings. The molecule has 0 unspecified atom stereocenters. The largest absolute Gasteiger partial charge is 0.387 e. The molecule has 88 valence electrons. The van der Waals surface area contributed by atoms with Crippen molar-refractivity contribution in [2.75, 3.05) is 0 Å². The fourth-order valence-electron chi connectivity index (χ4n) is 2.14. The van der Waals surface area contributed by atoms with Gasteiger partial charge < -0.3 is 29.9 Å². The van der Waals surface area contributed by atoms with E-state index in [-0.39, 0.29) is 0 Å². The molecule has 6 heteroatoms.